The zero-order valence-electron chi connectivity index (χ0n) is 14.9. The number of carbonyl (C=O) groups excluding carboxylic acids is 1. The maximum Gasteiger partial charge on any atom is 0.341 e. The molecule has 0 aliphatic rings. The van der Waals surface area contributed by atoms with Crippen LogP contribution in [0.15, 0.2) is 52.5 Å². The van der Waals surface area contributed by atoms with E-state index in [0.717, 1.165) is 0 Å². The van der Waals surface area contributed by atoms with Gasteiger partial charge < -0.3 is 19.9 Å². The van der Waals surface area contributed by atoms with Crippen molar-refractivity contribution >= 4 is 39.6 Å². The summed E-state index contributed by atoms with van der Waals surface area (Å²) in [5.41, 5.74) is 0.743. The summed E-state index contributed by atoms with van der Waals surface area (Å²) in [4.78, 5) is 23.2. The predicted octanol–water partition coefficient (Wildman–Crippen LogP) is 3.86. The van der Waals surface area contributed by atoms with Crippen LogP contribution in [0.4, 0.5) is 5.69 Å². The molecule has 0 saturated heterocycles. The number of aliphatic carboxylic acids is 1. The van der Waals surface area contributed by atoms with E-state index in [1.54, 1.807) is 42.5 Å². The van der Waals surface area contributed by atoms with E-state index in [1.807, 2.05) is 13.0 Å². The van der Waals surface area contributed by atoms with Gasteiger partial charge in [-0.2, -0.15) is 5.26 Å². The Balaban J connectivity index is 2.22. The molecule has 2 aromatic carbocycles. The van der Waals surface area contributed by atoms with Gasteiger partial charge in [0.1, 0.15) is 23.1 Å². The molecule has 1 amide bonds. The lowest BCUT2D eigenvalue weighted by Crippen LogP contribution is -2.13. The van der Waals surface area contributed by atoms with Gasteiger partial charge in [0.15, 0.2) is 6.61 Å². The summed E-state index contributed by atoms with van der Waals surface area (Å²) >= 11 is 3.30. The Morgan fingerprint density at radius 3 is 2.54 bits per heavy atom. The SMILES string of the molecule is CCOc1ccc(NC(=O)/C(C#N)=C/c2cc(Br)ccc2OCC(=O)O)cc1. The molecule has 7 nitrogen and oxygen atoms in total. The minimum absolute atomic E-state index is 0.160. The number of halogens is 1. The van der Waals surface area contributed by atoms with Crippen molar-refractivity contribution in [3.8, 4) is 17.6 Å². The Kier molecular flexibility index (Phi) is 7.60. The maximum atomic E-state index is 12.4. The van der Waals surface area contributed by atoms with Gasteiger partial charge in [0.25, 0.3) is 5.91 Å². The van der Waals surface area contributed by atoms with Crippen molar-refractivity contribution < 1.29 is 24.2 Å². The molecule has 8 heteroatoms. The summed E-state index contributed by atoms with van der Waals surface area (Å²) in [7, 11) is 0. The van der Waals surface area contributed by atoms with E-state index in [2.05, 4.69) is 21.2 Å². The Bertz CT molecular complexity index is 933. The van der Waals surface area contributed by atoms with Crippen LogP contribution in [0.25, 0.3) is 6.08 Å². The van der Waals surface area contributed by atoms with Gasteiger partial charge in [0.2, 0.25) is 0 Å². The number of hydrogen-bond acceptors (Lipinski definition) is 5. The highest BCUT2D eigenvalue weighted by atomic mass is 79.9. The van der Waals surface area contributed by atoms with Crippen LogP contribution < -0.4 is 14.8 Å². The molecule has 28 heavy (non-hydrogen) atoms. The number of benzene rings is 2. The molecule has 0 bridgehead atoms. The number of carboxylic acid groups (broad SMARTS) is 1. The molecule has 0 aliphatic carbocycles. The highest BCUT2D eigenvalue weighted by molar-refractivity contribution is 9.10. The summed E-state index contributed by atoms with van der Waals surface area (Å²) in [6, 6.07) is 13.4. The van der Waals surface area contributed by atoms with Crippen molar-refractivity contribution in [1.82, 2.24) is 0 Å². The average molecular weight is 445 g/mol. The Labute approximate surface area is 170 Å². The first-order valence-electron chi connectivity index (χ1n) is 8.23. The number of amides is 1. The molecule has 0 fully saturated rings. The van der Waals surface area contributed by atoms with Gasteiger partial charge in [0.05, 0.1) is 6.61 Å². The minimum Gasteiger partial charge on any atom is -0.494 e. The number of nitrogens with zero attached hydrogens (tertiary/aromatic N) is 1. The van der Waals surface area contributed by atoms with Crippen LogP contribution in [0.3, 0.4) is 0 Å². The van der Waals surface area contributed by atoms with Crippen molar-refractivity contribution in [2.75, 3.05) is 18.5 Å². The number of anilines is 1. The Hall–Kier alpha value is -3.31. The molecular formula is C20H17BrN2O5. The second-order valence-electron chi connectivity index (χ2n) is 5.45. The zero-order valence-corrected chi connectivity index (χ0v) is 16.5. The van der Waals surface area contributed by atoms with Crippen LogP contribution in [0.5, 0.6) is 11.5 Å². The fourth-order valence-electron chi connectivity index (χ4n) is 2.21. The summed E-state index contributed by atoms with van der Waals surface area (Å²) in [6.07, 6.45) is 1.34. The first-order chi connectivity index (χ1) is 13.4. The molecule has 2 aromatic rings. The topological polar surface area (TPSA) is 109 Å². The summed E-state index contributed by atoms with van der Waals surface area (Å²) < 4.78 is 11.2. The van der Waals surface area contributed by atoms with Crippen molar-refractivity contribution in [2.24, 2.45) is 0 Å². The standard InChI is InChI=1S/C20H17BrN2O5/c1-2-27-17-6-4-16(5-7-17)23-20(26)14(11-22)9-13-10-15(21)3-8-18(13)28-12-19(24)25/h3-10H,2,12H2,1H3,(H,23,26)(H,24,25)/b14-9+. The molecule has 0 aromatic heterocycles. The number of nitriles is 1. The third kappa shape index (κ3) is 6.14. The van der Waals surface area contributed by atoms with Gasteiger partial charge in [-0.3, -0.25) is 4.79 Å². The molecule has 0 spiro atoms. The van der Waals surface area contributed by atoms with Crippen LogP contribution in [-0.2, 0) is 9.59 Å². The van der Waals surface area contributed by atoms with Gasteiger partial charge in [-0.1, -0.05) is 15.9 Å². The normalized spacial score (nSPS) is 10.7. The van der Waals surface area contributed by atoms with Crippen LogP contribution in [-0.4, -0.2) is 30.2 Å². The first-order valence-corrected chi connectivity index (χ1v) is 9.02. The lowest BCUT2D eigenvalue weighted by atomic mass is 10.1. The number of hydrogen-bond donors (Lipinski definition) is 2. The van der Waals surface area contributed by atoms with Crippen molar-refractivity contribution in [1.29, 1.82) is 5.26 Å². The van der Waals surface area contributed by atoms with Gasteiger partial charge in [-0.15, -0.1) is 0 Å². The maximum absolute atomic E-state index is 12.4. The van der Waals surface area contributed by atoms with E-state index in [0.29, 0.717) is 28.1 Å². The molecule has 0 aliphatic heterocycles. The minimum atomic E-state index is -1.13. The lowest BCUT2D eigenvalue weighted by Gasteiger charge is -2.09. The second kappa shape index (κ2) is 10.1. The van der Waals surface area contributed by atoms with E-state index in [1.165, 1.54) is 6.08 Å². The summed E-state index contributed by atoms with van der Waals surface area (Å²) in [6.45, 7) is 1.87. The van der Waals surface area contributed by atoms with E-state index in [9.17, 15) is 14.9 Å². The van der Waals surface area contributed by atoms with Crippen LogP contribution in [0, 0.1) is 11.3 Å². The van der Waals surface area contributed by atoms with Gasteiger partial charge >= 0.3 is 5.97 Å². The van der Waals surface area contributed by atoms with Crippen LogP contribution in [0.1, 0.15) is 12.5 Å². The van der Waals surface area contributed by atoms with Crippen molar-refractivity contribution in [2.45, 2.75) is 6.92 Å². The largest absolute Gasteiger partial charge is 0.494 e. The molecule has 0 heterocycles. The quantitative estimate of drug-likeness (QED) is 0.472. The van der Waals surface area contributed by atoms with Crippen LogP contribution in [0.2, 0.25) is 0 Å². The predicted molar refractivity (Wildman–Crippen MR) is 107 cm³/mol. The number of nitrogens with one attached hydrogen (secondary N) is 1. The molecule has 0 radical (unpaired) electrons. The zero-order chi connectivity index (χ0) is 20.5. The van der Waals surface area contributed by atoms with E-state index >= 15 is 0 Å². The first kappa shape index (κ1) is 21.0. The summed E-state index contributed by atoms with van der Waals surface area (Å²) in [5, 5.41) is 20.8. The van der Waals surface area contributed by atoms with E-state index in [4.69, 9.17) is 14.6 Å². The molecule has 2 rings (SSSR count). The van der Waals surface area contributed by atoms with Crippen LogP contribution >= 0.6 is 15.9 Å². The highest BCUT2D eigenvalue weighted by Gasteiger charge is 2.13. The molecule has 144 valence electrons. The molecule has 0 atom stereocenters. The van der Waals surface area contributed by atoms with Crippen molar-refractivity contribution in [3.63, 3.8) is 0 Å². The second-order valence-corrected chi connectivity index (χ2v) is 6.36. The van der Waals surface area contributed by atoms with Gasteiger partial charge in [-0.25, -0.2) is 4.79 Å². The van der Waals surface area contributed by atoms with Crippen molar-refractivity contribution in [3.05, 3.63) is 58.1 Å². The number of carboxylic acids is 1. The van der Waals surface area contributed by atoms with E-state index < -0.39 is 18.5 Å². The summed E-state index contributed by atoms with van der Waals surface area (Å²) in [5.74, 6) is -0.819. The molecule has 0 saturated carbocycles. The Morgan fingerprint density at radius 1 is 1.21 bits per heavy atom. The Morgan fingerprint density at radius 2 is 1.93 bits per heavy atom. The smallest absolute Gasteiger partial charge is 0.341 e. The third-order valence-corrected chi connectivity index (χ3v) is 3.90. The monoisotopic (exact) mass is 444 g/mol. The molecule has 0 unspecified atom stereocenters. The van der Waals surface area contributed by atoms with Gasteiger partial charge in [0, 0.05) is 15.7 Å². The van der Waals surface area contributed by atoms with E-state index in [-0.39, 0.29) is 11.3 Å². The lowest BCUT2D eigenvalue weighted by molar-refractivity contribution is -0.139. The molecule has 2 N–H and O–H groups in total. The molecular weight excluding hydrogens is 428 g/mol. The highest BCUT2D eigenvalue weighted by Crippen LogP contribution is 2.26. The number of ether oxygens (including phenoxy) is 2. The number of carbonyl (C=O) groups is 2. The van der Waals surface area contributed by atoms with Gasteiger partial charge in [-0.05, 0) is 55.5 Å². The third-order valence-electron chi connectivity index (χ3n) is 3.41. The fourth-order valence-corrected chi connectivity index (χ4v) is 2.59. The number of rotatable bonds is 8. The fraction of sp³-hybridized carbons (Fsp3) is 0.150. The average Bonchev–Trinajstić information content (AvgIpc) is 2.67.